The third kappa shape index (κ3) is 3.65. The molecule has 2 N–H and O–H groups in total. The van der Waals surface area contributed by atoms with E-state index >= 15 is 0 Å². The molecule has 0 aliphatic rings. The van der Waals surface area contributed by atoms with Gasteiger partial charge >= 0.3 is 6.18 Å². The lowest BCUT2D eigenvalue weighted by molar-refractivity contribution is -0.126. The second kappa shape index (κ2) is 6.32. The Balaban J connectivity index is 2.40. The monoisotopic (exact) mass is 299 g/mol. The highest BCUT2D eigenvalue weighted by Gasteiger charge is 2.28. The number of rotatable bonds is 5. The van der Waals surface area contributed by atoms with Gasteiger partial charge in [-0.2, -0.15) is 13.2 Å². The maximum atomic E-state index is 12.3. The molecule has 0 radical (unpaired) electrons. The number of ether oxygens (including phenoxy) is 1. The fraction of sp³-hybridized carbons (Fsp3) is 0.333. The number of halogens is 3. The summed E-state index contributed by atoms with van der Waals surface area (Å²) in [5.74, 6) is 0.641. The molecule has 0 fully saturated rings. The number of alkyl halides is 3. The fourth-order valence-electron chi connectivity index (χ4n) is 2.29. The molecule has 0 aliphatic carbocycles. The predicted octanol–water partition coefficient (Wildman–Crippen LogP) is 3.03. The van der Waals surface area contributed by atoms with Crippen molar-refractivity contribution in [1.82, 2.24) is 5.32 Å². The smallest absolute Gasteiger partial charge is 0.401 e. The number of methoxy groups -OCH3 is 1. The predicted molar refractivity (Wildman–Crippen MR) is 74.4 cm³/mol. The van der Waals surface area contributed by atoms with Crippen molar-refractivity contribution in [2.45, 2.75) is 12.2 Å². The normalized spacial score (nSPS) is 13.4. The van der Waals surface area contributed by atoms with Crippen LogP contribution in [0.3, 0.4) is 0 Å². The summed E-state index contributed by atoms with van der Waals surface area (Å²) in [7, 11) is 1.53. The maximum absolute atomic E-state index is 12.3. The van der Waals surface area contributed by atoms with E-state index in [9.17, 15) is 18.3 Å². The topological polar surface area (TPSA) is 41.5 Å². The van der Waals surface area contributed by atoms with Gasteiger partial charge in [0.05, 0.1) is 26.3 Å². The van der Waals surface area contributed by atoms with Crippen molar-refractivity contribution < 1.29 is 23.0 Å². The Labute approximate surface area is 120 Å². The Morgan fingerprint density at radius 3 is 2.38 bits per heavy atom. The zero-order valence-electron chi connectivity index (χ0n) is 11.4. The van der Waals surface area contributed by atoms with Crippen LogP contribution < -0.4 is 10.1 Å². The van der Waals surface area contributed by atoms with Crippen molar-refractivity contribution in [2.75, 3.05) is 20.3 Å². The molecular weight excluding hydrogens is 283 g/mol. The summed E-state index contributed by atoms with van der Waals surface area (Å²) in [5, 5.41) is 13.3. The first-order chi connectivity index (χ1) is 9.96. The van der Waals surface area contributed by atoms with Gasteiger partial charge in [0.1, 0.15) is 5.75 Å². The molecule has 2 aromatic rings. The van der Waals surface area contributed by atoms with E-state index in [0.29, 0.717) is 11.3 Å². The Bertz CT molecular complexity index is 613. The first kappa shape index (κ1) is 15.6. The van der Waals surface area contributed by atoms with Gasteiger partial charge in [-0.3, -0.25) is 5.32 Å². The van der Waals surface area contributed by atoms with E-state index in [1.54, 1.807) is 24.3 Å². The van der Waals surface area contributed by atoms with Crippen molar-refractivity contribution in [3.63, 3.8) is 0 Å². The fourth-order valence-corrected chi connectivity index (χ4v) is 2.29. The Kier molecular flexibility index (Phi) is 4.69. The zero-order chi connectivity index (χ0) is 15.5. The third-order valence-corrected chi connectivity index (χ3v) is 3.24. The largest absolute Gasteiger partial charge is 0.496 e. The van der Waals surface area contributed by atoms with Gasteiger partial charge in [0, 0.05) is 5.39 Å². The summed E-state index contributed by atoms with van der Waals surface area (Å²) in [6, 6.07) is 9.82. The highest BCUT2D eigenvalue weighted by atomic mass is 19.4. The van der Waals surface area contributed by atoms with Gasteiger partial charge in [-0.15, -0.1) is 0 Å². The summed E-state index contributed by atoms with van der Waals surface area (Å²) in [4.78, 5) is 0. The number of fused-ring (bicyclic) bond motifs is 1. The number of benzene rings is 2. The van der Waals surface area contributed by atoms with Crippen LogP contribution >= 0.6 is 0 Å². The first-order valence-corrected chi connectivity index (χ1v) is 6.43. The molecule has 0 saturated heterocycles. The van der Waals surface area contributed by atoms with Crippen LogP contribution in [0.4, 0.5) is 13.2 Å². The summed E-state index contributed by atoms with van der Waals surface area (Å²) in [6.07, 6.45) is -4.32. The SMILES string of the molecule is COc1ccc(C(CO)NCC(F)(F)F)c2ccccc12. The van der Waals surface area contributed by atoms with Crippen molar-refractivity contribution in [3.8, 4) is 5.75 Å². The van der Waals surface area contributed by atoms with E-state index < -0.39 is 25.4 Å². The summed E-state index contributed by atoms with van der Waals surface area (Å²) < 4.78 is 42.3. The highest BCUT2D eigenvalue weighted by molar-refractivity contribution is 5.91. The lowest BCUT2D eigenvalue weighted by Crippen LogP contribution is -2.33. The van der Waals surface area contributed by atoms with Crippen molar-refractivity contribution in [1.29, 1.82) is 0 Å². The zero-order valence-corrected chi connectivity index (χ0v) is 11.4. The van der Waals surface area contributed by atoms with Gasteiger partial charge < -0.3 is 9.84 Å². The second-order valence-electron chi connectivity index (χ2n) is 4.63. The molecule has 0 heterocycles. The van der Waals surface area contributed by atoms with Crippen LogP contribution in [0.1, 0.15) is 11.6 Å². The molecule has 1 unspecified atom stereocenters. The molecule has 2 rings (SSSR count). The van der Waals surface area contributed by atoms with Gasteiger partial charge in [-0.1, -0.05) is 30.3 Å². The molecule has 114 valence electrons. The molecule has 2 aromatic carbocycles. The minimum atomic E-state index is -4.32. The van der Waals surface area contributed by atoms with Crippen LogP contribution in [0.5, 0.6) is 5.75 Å². The Hall–Kier alpha value is -1.79. The molecule has 0 amide bonds. The number of nitrogens with one attached hydrogen (secondary N) is 1. The number of hydrogen-bond donors (Lipinski definition) is 2. The molecule has 0 aromatic heterocycles. The lowest BCUT2D eigenvalue weighted by atomic mass is 9.98. The lowest BCUT2D eigenvalue weighted by Gasteiger charge is -2.20. The van der Waals surface area contributed by atoms with Crippen LogP contribution in [-0.4, -0.2) is 31.5 Å². The van der Waals surface area contributed by atoms with E-state index in [1.807, 2.05) is 12.1 Å². The summed E-state index contributed by atoms with van der Waals surface area (Å²) in [6.45, 7) is -1.58. The average molecular weight is 299 g/mol. The van der Waals surface area contributed by atoms with Crippen LogP contribution in [0.25, 0.3) is 10.8 Å². The minimum Gasteiger partial charge on any atom is -0.496 e. The second-order valence-corrected chi connectivity index (χ2v) is 4.63. The van der Waals surface area contributed by atoms with Crippen molar-refractivity contribution in [2.24, 2.45) is 0 Å². The van der Waals surface area contributed by atoms with E-state index in [1.165, 1.54) is 7.11 Å². The average Bonchev–Trinajstić information content (AvgIpc) is 2.46. The van der Waals surface area contributed by atoms with E-state index in [4.69, 9.17) is 4.74 Å². The maximum Gasteiger partial charge on any atom is 0.401 e. The Morgan fingerprint density at radius 2 is 1.81 bits per heavy atom. The van der Waals surface area contributed by atoms with Crippen LogP contribution in [0.15, 0.2) is 36.4 Å². The van der Waals surface area contributed by atoms with Gasteiger partial charge in [0.25, 0.3) is 0 Å². The molecule has 0 bridgehead atoms. The van der Waals surface area contributed by atoms with E-state index in [2.05, 4.69) is 5.32 Å². The molecule has 3 nitrogen and oxygen atoms in total. The van der Waals surface area contributed by atoms with Crippen molar-refractivity contribution in [3.05, 3.63) is 42.0 Å². The van der Waals surface area contributed by atoms with Gasteiger partial charge in [0.2, 0.25) is 0 Å². The number of aliphatic hydroxyl groups excluding tert-OH is 1. The first-order valence-electron chi connectivity index (χ1n) is 6.43. The van der Waals surface area contributed by atoms with E-state index in [-0.39, 0.29) is 0 Å². The van der Waals surface area contributed by atoms with Crippen LogP contribution in [0, 0.1) is 0 Å². The molecular formula is C15H16F3NO2. The number of hydrogen-bond acceptors (Lipinski definition) is 3. The number of aliphatic hydroxyl groups is 1. The highest BCUT2D eigenvalue weighted by Crippen LogP contribution is 2.31. The molecule has 0 spiro atoms. The third-order valence-electron chi connectivity index (χ3n) is 3.24. The minimum absolute atomic E-state index is 0.424. The van der Waals surface area contributed by atoms with Crippen LogP contribution in [0.2, 0.25) is 0 Å². The summed E-state index contributed by atoms with van der Waals surface area (Å²) in [5.41, 5.74) is 0.609. The van der Waals surface area contributed by atoms with Gasteiger partial charge in [-0.25, -0.2) is 0 Å². The molecule has 6 heteroatoms. The standard InChI is InChI=1S/C15H16F3NO2/c1-21-14-7-6-11(10-4-2-3-5-12(10)14)13(8-20)19-9-15(16,17)18/h2-7,13,19-20H,8-9H2,1H3. The van der Waals surface area contributed by atoms with Gasteiger partial charge in [0.15, 0.2) is 0 Å². The summed E-state index contributed by atoms with van der Waals surface area (Å²) >= 11 is 0. The van der Waals surface area contributed by atoms with Gasteiger partial charge in [-0.05, 0) is 17.0 Å². The molecule has 0 saturated carbocycles. The van der Waals surface area contributed by atoms with Crippen LogP contribution in [-0.2, 0) is 0 Å². The Morgan fingerprint density at radius 1 is 1.14 bits per heavy atom. The molecule has 1 atom stereocenters. The van der Waals surface area contributed by atoms with E-state index in [0.717, 1.165) is 10.8 Å². The quantitative estimate of drug-likeness (QED) is 0.891. The molecule has 0 aliphatic heterocycles. The van der Waals surface area contributed by atoms with Crippen molar-refractivity contribution >= 4 is 10.8 Å². The molecule has 21 heavy (non-hydrogen) atoms.